The maximum Gasteiger partial charge on any atom is 0.167 e. The average Bonchev–Trinajstić information content (AvgIpc) is 2.93. The summed E-state index contributed by atoms with van der Waals surface area (Å²) >= 11 is 4.91. The first-order valence-electron chi connectivity index (χ1n) is 6.64. The van der Waals surface area contributed by atoms with Crippen molar-refractivity contribution < 1.29 is 4.39 Å². The first-order chi connectivity index (χ1) is 10.2. The molecule has 0 fully saturated rings. The van der Waals surface area contributed by atoms with Crippen LogP contribution in [0.4, 0.5) is 10.2 Å². The highest BCUT2D eigenvalue weighted by Crippen LogP contribution is 2.33. The van der Waals surface area contributed by atoms with Gasteiger partial charge in [0.05, 0.1) is 10.9 Å². The highest BCUT2D eigenvalue weighted by molar-refractivity contribution is 9.10. The van der Waals surface area contributed by atoms with Crippen LogP contribution in [0.1, 0.15) is 13.3 Å². The number of anilines is 1. The first-order valence-corrected chi connectivity index (χ1v) is 8.31. The summed E-state index contributed by atoms with van der Waals surface area (Å²) in [6.07, 6.45) is 0.994. The van der Waals surface area contributed by atoms with Gasteiger partial charge in [-0.05, 0) is 45.9 Å². The van der Waals surface area contributed by atoms with E-state index in [0.717, 1.165) is 29.0 Å². The molecule has 0 aliphatic rings. The van der Waals surface area contributed by atoms with Gasteiger partial charge in [0, 0.05) is 11.0 Å². The van der Waals surface area contributed by atoms with Crippen LogP contribution in [0.3, 0.4) is 0 Å². The average molecular weight is 366 g/mol. The van der Waals surface area contributed by atoms with Crippen molar-refractivity contribution in [1.29, 1.82) is 0 Å². The molecule has 1 aromatic carbocycles. The summed E-state index contributed by atoms with van der Waals surface area (Å²) < 4.78 is 14.8. The lowest BCUT2D eigenvalue weighted by molar-refractivity contribution is 0.629. The first kappa shape index (κ1) is 14.4. The molecule has 0 radical (unpaired) electrons. The fourth-order valence-electron chi connectivity index (χ4n) is 2.06. The molecule has 0 saturated carbocycles. The normalized spacial score (nSPS) is 11.0. The molecule has 21 heavy (non-hydrogen) atoms. The number of nitrogens with one attached hydrogen (secondary N) is 1. The smallest absolute Gasteiger partial charge is 0.167 e. The van der Waals surface area contributed by atoms with Crippen LogP contribution in [0.2, 0.25) is 0 Å². The number of rotatable bonds is 4. The van der Waals surface area contributed by atoms with Gasteiger partial charge in [0.25, 0.3) is 0 Å². The van der Waals surface area contributed by atoms with Gasteiger partial charge in [-0.2, -0.15) is 0 Å². The zero-order chi connectivity index (χ0) is 14.8. The topological polar surface area (TPSA) is 37.8 Å². The highest BCUT2D eigenvalue weighted by Gasteiger charge is 2.15. The number of nitrogens with zero attached hydrogens (tertiary/aromatic N) is 2. The minimum absolute atomic E-state index is 0.332. The van der Waals surface area contributed by atoms with E-state index in [9.17, 15) is 4.39 Å². The third-order valence-electron chi connectivity index (χ3n) is 3.05. The van der Waals surface area contributed by atoms with Crippen molar-refractivity contribution in [2.24, 2.45) is 0 Å². The third-order valence-corrected chi connectivity index (χ3v) is 4.52. The van der Waals surface area contributed by atoms with E-state index in [2.05, 4.69) is 38.1 Å². The van der Waals surface area contributed by atoms with Crippen LogP contribution in [0.25, 0.3) is 21.6 Å². The van der Waals surface area contributed by atoms with E-state index >= 15 is 0 Å². The molecule has 3 rings (SSSR count). The molecule has 2 heterocycles. The monoisotopic (exact) mass is 365 g/mol. The number of benzene rings is 1. The van der Waals surface area contributed by atoms with E-state index < -0.39 is 0 Å². The summed E-state index contributed by atoms with van der Waals surface area (Å²) in [7, 11) is 0. The molecule has 0 amide bonds. The van der Waals surface area contributed by atoms with Crippen LogP contribution < -0.4 is 5.32 Å². The van der Waals surface area contributed by atoms with Gasteiger partial charge in [-0.3, -0.25) is 0 Å². The van der Waals surface area contributed by atoms with Crippen LogP contribution in [0.5, 0.6) is 0 Å². The summed E-state index contributed by atoms with van der Waals surface area (Å²) in [5.41, 5.74) is 0.396. The van der Waals surface area contributed by atoms with Gasteiger partial charge >= 0.3 is 0 Å². The minimum atomic E-state index is -0.332. The summed E-state index contributed by atoms with van der Waals surface area (Å²) in [6, 6.07) is 6.85. The predicted molar refractivity (Wildman–Crippen MR) is 89.3 cm³/mol. The van der Waals surface area contributed by atoms with Crippen LogP contribution in [-0.4, -0.2) is 16.5 Å². The number of hydrogen-bond donors (Lipinski definition) is 1. The molecule has 0 aliphatic heterocycles. The van der Waals surface area contributed by atoms with Crippen molar-refractivity contribution in [2.45, 2.75) is 13.3 Å². The number of aromatic nitrogens is 2. The van der Waals surface area contributed by atoms with Crippen molar-refractivity contribution in [2.75, 3.05) is 11.9 Å². The molecule has 1 N–H and O–H groups in total. The molecule has 0 unspecified atom stereocenters. The molecule has 0 saturated heterocycles. The largest absolute Gasteiger partial charge is 0.369 e. The number of thiophene rings is 1. The van der Waals surface area contributed by atoms with Crippen molar-refractivity contribution in [1.82, 2.24) is 9.97 Å². The Kier molecular flexibility index (Phi) is 4.17. The van der Waals surface area contributed by atoms with Crippen molar-refractivity contribution in [3.05, 3.63) is 39.9 Å². The van der Waals surface area contributed by atoms with Crippen LogP contribution in [0, 0.1) is 5.82 Å². The zero-order valence-corrected chi connectivity index (χ0v) is 13.8. The van der Waals surface area contributed by atoms with E-state index in [0.29, 0.717) is 15.9 Å². The summed E-state index contributed by atoms with van der Waals surface area (Å²) in [5.74, 6) is 0.823. The standard InChI is InChI=1S/C15H13BrFN3S/c1-2-7-18-13-9-6-8-21-15(9)20-14(19-13)12-10(16)4-3-5-11(12)17/h3-6,8H,2,7H2,1H3,(H,18,19,20). The lowest BCUT2D eigenvalue weighted by Gasteiger charge is -2.09. The van der Waals surface area contributed by atoms with Gasteiger partial charge in [0.1, 0.15) is 16.5 Å². The fourth-order valence-corrected chi connectivity index (χ4v) is 3.34. The highest BCUT2D eigenvalue weighted by atomic mass is 79.9. The second kappa shape index (κ2) is 6.07. The maximum atomic E-state index is 14.1. The van der Waals surface area contributed by atoms with Crippen molar-refractivity contribution in [3.63, 3.8) is 0 Å². The Morgan fingerprint density at radius 3 is 2.90 bits per heavy atom. The van der Waals surface area contributed by atoms with Crippen molar-refractivity contribution >= 4 is 43.3 Å². The number of halogens is 2. The minimum Gasteiger partial charge on any atom is -0.369 e. The van der Waals surface area contributed by atoms with E-state index in [-0.39, 0.29) is 5.82 Å². The molecule has 108 valence electrons. The predicted octanol–water partition coefficient (Wildman–Crippen LogP) is 5.08. The van der Waals surface area contributed by atoms with Crippen LogP contribution >= 0.6 is 27.3 Å². The molecule has 0 atom stereocenters. The summed E-state index contributed by atoms with van der Waals surface area (Å²) in [6.45, 7) is 2.91. The summed E-state index contributed by atoms with van der Waals surface area (Å²) in [4.78, 5) is 9.87. The molecule has 2 aromatic heterocycles. The molecule has 0 spiro atoms. The molecule has 6 heteroatoms. The Bertz CT molecular complexity index is 767. The number of hydrogen-bond acceptors (Lipinski definition) is 4. The van der Waals surface area contributed by atoms with Gasteiger partial charge in [-0.15, -0.1) is 11.3 Å². The zero-order valence-electron chi connectivity index (χ0n) is 11.4. The lowest BCUT2D eigenvalue weighted by atomic mass is 10.2. The van der Waals surface area contributed by atoms with E-state index in [4.69, 9.17) is 0 Å². The second-order valence-corrected chi connectivity index (χ2v) is 6.31. The lowest BCUT2D eigenvalue weighted by Crippen LogP contribution is -2.04. The second-order valence-electron chi connectivity index (χ2n) is 4.56. The third kappa shape index (κ3) is 2.78. The van der Waals surface area contributed by atoms with Gasteiger partial charge in [-0.25, -0.2) is 14.4 Å². The molecular weight excluding hydrogens is 353 g/mol. The van der Waals surface area contributed by atoms with Gasteiger partial charge in [0.15, 0.2) is 5.82 Å². The van der Waals surface area contributed by atoms with Crippen molar-refractivity contribution in [3.8, 4) is 11.4 Å². The summed E-state index contributed by atoms with van der Waals surface area (Å²) in [5, 5.41) is 6.24. The SMILES string of the molecule is CCCNc1nc(-c2c(F)cccc2Br)nc2sccc12. The quantitative estimate of drug-likeness (QED) is 0.700. The van der Waals surface area contributed by atoms with Gasteiger partial charge < -0.3 is 5.32 Å². The molecule has 3 nitrogen and oxygen atoms in total. The Hall–Kier alpha value is -1.53. The van der Waals surface area contributed by atoms with Gasteiger partial charge in [-0.1, -0.05) is 13.0 Å². The van der Waals surface area contributed by atoms with E-state index in [1.165, 1.54) is 17.4 Å². The molecular formula is C15H13BrFN3S. The molecule has 0 bridgehead atoms. The van der Waals surface area contributed by atoms with Gasteiger partial charge in [0.2, 0.25) is 0 Å². The van der Waals surface area contributed by atoms with E-state index in [1.54, 1.807) is 12.1 Å². The van der Waals surface area contributed by atoms with Crippen LogP contribution in [0.15, 0.2) is 34.1 Å². The Balaban J connectivity index is 2.19. The maximum absolute atomic E-state index is 14.1. The molecule has 0 aliphatic carbocycles. The van der Waals surface area contributed by atoms with E-state index in [1.807, 2.05) is 11.4 Å². The Labute approximate surface area is 134 Å². The fraction of sp³-hybridized carbons (Fsp3) is 0.200. The number of fused-ring (bicyclic) bond motifs is 1. The van der Waals surface area contributed by atoms with Crippen LogP contribution in [-0.2, 0) is 0 Å². The molecule has 3 aromatic rings. The Morgan fingerprint density at radius 1 is 1.29 bits per heavy atom. The Morgan fingerprint density at radius 2 is 2.14 bits per heavy atom.